The molecule has 1 aliphatic rings. The number of rotatable bonds is 9. The predicted octanol–water partition coefficient (Wildman–Crippen LogP) is 4.00. The van der Waals surface area contributed by atoms with E-state index >= 15 is 0 Å². The van der Waals surface area contributed by atoms with E-state index in [2.05, 4.69) is 10.6 Å². The second-order valence-electron chi connectivity index (χ2n) is 8.88. The Morgan fingerprint density at radius 1 is 1.10 bits per heavy atom. The van der Waals surface area contributed by atoms with Gasteiger partial charge in [-0.25, -0.2) is 8.42 Å². The van der Waals surface area contributed by atoms with E-state index in [4.69, 9.17) is 27.5 Å². The first-order valence-corrected chi connectivity index (χ1v) is 14.7. The van der Waals surface area contributed by atoms with Gasteiger partial charge in [0, 0.05) is 34.8 Å². The van der Waals surface area contributed by atoms with Gasteiger partial charge in [0.2, 0.25) is 21.8 Å². The first-order valence-electron chi connectivity index (χ1n) is 12.1. The van der Waals surface area contributed by atoms with Gasteiger partial charge in [-0.05, 0) is 61.0 Å². The maximum atomic E-state index is 13.5. The molecule has 40 heavy (non-hydrogen) atoms. The number of thiophene rings is 1. The topological polar surface area (TPSA) is 155 Å². The SMILES string of the molecule is C[C@H](NC(=O)CC(=O)Nc1ccc(C(=N)N)cc1)c1ccc(S(=O)(=O)N2CCOCC2)c(-c2ccc(Cl)s2)c1.Cl. The Morgan fingerprint density at radius 3 is 2.38 bits per heavy atom. The van der Waals surface area contributed by atoms with Crippen molar-refractivity contribution in [1.29, 1.82) is 5.41 Å². The van der Waals surface area contributed by atoms with Crippen molar-refractivity contribution in [3.05, 3.63) is 70.1 Å². The molecule has 0 aliphatic carbocycles. The molecule has 0 radical (unpaired) electrons. The molecule has 214 valence electrons. The number of sulfonamides is 1. The molecule has 2 amide bonds. The average molecular weight is 627 g/mol. The fourth-order valence-electron chi connectivity index (χ4n) is 4.08. The van der Waals surface area contributed by atoms with Crippen molar-refractivity contribution in [2.75, 3.05) is 31.6 Å². The maximum absolute atomic E-state index is 13.5. The molecule has 1 saturated heterocycles. The van der Waals surface area contributed by atoms with Crippen LogP contribution in [-0.4, -0.2) is 56.7 Å². The summed E-state index contributed by atoms with van der Waals surface area (Å²) < 4.78 is 34.2. The van der Waals surface area contributed by atoms with Gasteiger partial charge in [-0.15, -0.1) is 23.7 Å². The molecule has 2 heterocycles. The molecule has 1 atom stereocenters. The number of nitrogens with two attached hydrogens (primary N) is 1. The first-order chi connectivity index (χ1) is 18.5. The molecule has 3 aromatic rings. The summed E-state index contributed by atoms with van der Waals surface area (Å²) in [6, 6.07) is 14.3. The Kier molecular flexibility index (Phi) is 10.7. The van der Waals surface area contributed by atoms with Crippen LogP contribution in [0.2, 0.25) is 4.34 Å². The number of nitrogens with zero attached hydrogens (tertiary/aromatic N) is 1. The first kappa shape index (κ1) is 31.5. The van der Waals surface area contributed by atoms with Crippen molar-refractivity contribution in [3.63, 3.8) is 0 Å². The number of nitrogen functional groups attached to an aromatic ring is 1. The number of nitrogens with one attached hydrogen (secondary N) is 3. The smallest absolute Gasteiger partial charge is 0.243 e. The standard InChI is InChI=1S/C26H28ClN5O5S2.ClH/c1-16(30-24(33)15-25(34)31-19-5-2-17(3-6-19)26(28)29)18-4-8-22(20(14-18)21-7-9-23(27)38-21)39(35,36)32-10-12-37-13-11-32;/h2-9,14,16H,10-13,15H2,1H3,(H3,28,29)(H,30,33)(H,31,34);1H/t16-;/m0./s1. The fraction of sp³-hybridized carbons (Fsp3) is 0.269. The van der Waals surface area contributed by atoms with Gasteiger partial charge in [-0.2, -0.15) is 4.31 Å². The highest BCUT2D eigenvalue weighted by atomic mass is 35.5. The molecule has 10 nitrogen and oxygen atoms in total. The van der Waals surface area contributed by atoms with Crippen molar-refractivity contribution in [1.82, 2.24) is 9.62 Å². The van der Waals surface area contributed by atoms with Gasteiger partial charge in [-0.3, -0.25) is 15.0 Å². The summed E-state index contributed by atoms with van der Waals surface area (Å²) >= 11 is 7.42. The molecule has 2 aromatic carbocycles. The second-order valence-corrected chi connectivity index (χ2v) is 12.5. The molecule has 4 rings (SSSR count). The number of ether oxygens (including phenoxy) is 1. The summed E-state index contributed by atoms with van der Waals surface area (Å²) in [7, 11) is -3.79. The lowest BCUT2D eigenvalue weighted by Gasteiger charge is -2.27. The molecule has 0 unspecified atom stereocenters. The van der Waals surface area contributed by atoms with E-state index in [0.717, 1.165) is 0 Å². The molecule has 0 saturated carbocycles. The minimum absolute atomic E-state index is 0. The number of hydrogen-bond donors (Lipinski definition) is 4. The van der Waals surface area contributed by atoms with Gasteiger partial charge >= 0.3 is 0 Å². The Labute approximate surface area is 247 Å². The molecule has 1 aromatic heterocycles. The fourth-order valence-corrected chi connectivity index (χ4v) is 6.81. The lowest BCUT2D eigenvalue weighted by Crippen LogP contribution is -2.40. The molecule has 1 aliphatic heterocycles. The summed E-state index contributed by atoms with van der Waals surface area (Å²) in [6.45, 7) is 2.96. The van der Waals surface area contributed by atoms with E-state index in [-0.39, 0.29) is 36.2 Å². The van der Waals surface area contributed by atoms with Crippen LogP contribution in [0.25, 0.3) is 10.4 Å². The van der Waals surface area contributed by atoms with E-state index in [1.54, 1.807) is 61.5 Å². The third-order valence-corrected chi connectivity index (χ3v) is 9.33. The van der Waals surface area contributed by atoms with Gasteiger partial charge in [0.05, 0.1) is 28.5 Å². The lowest BCUT2D eigenvalue weighted by atomic mass is 10.0. The van der Waals surface area contributed by atoms with Crippen molar-refractivity contribution in [2.24, 2.45) is 5.73 Å². The van der Waals surface area contributed by atoms with Crippen LogP contribution in [0.3, 0.4) is 0 Å². The van der Waals surface area contributed by atoms with Crippen LogP contribution in [0, 0.1) is 5.41 Å². The number of amidine groups is 1. The van der Waals surface area contributed by atoms with Crippen molar-refractivity contribution >= 4 is 68.7 Å². The number of carbonyl (C=O) groups is 2. The minimum atomic E-state index is -3.79. The van der Waals surface area contributed by atoms with Crippen LogP contribution in [0.5, 0.6) is 0 Å². The average Bonchev–Trinajstić information content (AvgIpc) is 3.35. The van der Waals surface area contributed by atoms with Crippen molar-refractivity contribution in [2.45, 2.75) is 24.3 Å². The van der Waals surface area contributed by atoms with Crippen molar-refractivity contribution < 1.29 is 22.7 Å². The zero-order chi connectivity index (χ0) is 28.2. The molecule has 14 heteroatoms. The highest BCUT2D eigenvalue weighted by Gasteiger charge is 2.30. The van der Waals surface area contributed by atoms with Gasteiger partial charge in [0.15, 0.2) is 0 Å². The van der Waals surface area contributed by atoms with E-state index in [0.29, 0.717) is 44.8 Å². The van der Waals surface area contributed by atoms with E-state index < -0.39 is 34.3 Å². The summed E-state index contributed by atoms with van der Waals surface area (Å²) in [5, 5.41) is 12.9. The normalized spacial score (nSPS) is 14.6. The quantitative estimate of drug-likeness (QED) is 0.160. The second kappa shape index (κ2) is 13.6. The van der Waals surface area contributed by atoms with Gasteiger partial charge in [-0.1, -0.05) is 17.7 Å². The summed E-state index contributed by atoms with van der Waals surface area (Å²) in [5.74, 6) is -1.08. The number of carbonyl (C=O) groups excluding carboxylic acids is 2. The zero-order valence-corrected chi connectivity index (χ0v) is 24.7. The summed E-state index contributed by atoms with van der Waals surface area (Å²) in [5.41, 5.74) is 7.59. The van der Waals surface area contributed by atoms with E-state index in [1.807, 2.05) is 0 Å². The third-order valence-electron chi connectivity index (χ3n) is 6.11. The van der Waals surface area contributed by atoms with Crippen molar-refractivity contribution in [3.8, 4) is 10.4 Å². The molecular weight excluding hydrogens is 597 g/mol. The predicted molar refractivity (Wildman–Crippen MR) is 159 cm³/mol. The molecule has 0 spiro atoms. The van der Waals surface area contributed by atoms with Crippen LogP contribution in [-0.2, 0) is 24.3 Å². The Morgan fingerprint density at radius 2 is 1.77 bits per heavy atom. The largest absolute Gasteiger partial charge is 0.384 e. The molecule has 1 fully saturated rings. The van der Waals surface area contributed by atoms with Crippen LogP contribution in [0.1, 0.15) is 30.5 Å². The van der Waals surface area contributed by atoms with Gasteiger partial charge in [0.25, 0.3) is 0 Å². The van der Waals surface area contributed by atoms with Crippen LogP contribution in [0.15, 0.2) is 59.5 Å². The number of morpholine rings is 1. The lowest BCUT2D eigenvalue weighted by molar-refractivity contribution is -0.127. The molecule has 5 N–H and O–H groups in total. The Bertz CT molecular complexity index is 1490. The minimum Gasteiger partial charge on any atom is -0.384 e. The number of benzene rings is 2. The highest BCUT2D eigenvalue weighted by molar-refractivity contribution is 7.89. The highest BCUT2D eigenvalue weighted by Crippen LogP contribution is 2.37. The number of anilines is 1. The van der Waals surface area contributed by atoms with Gasteiger partial charge < -0.3 is 21.1 Å². The molecular formula is C26H29Cl2N5O5S2. The molecule has 0 bridgehead atoms. The summed E-state index contributed by atoms with van der Waals surface area (Å²) in [4.78, 5) is 25.8. The third kappa shape index (κ3) is 7.59. The Hall–Kier alpha value is -3.00. The van der Waals surface area contributed by atoms with Crippen LogP contribution in [0.4, 0.5) is 5.69 Å². The zero-order valence-electron chi connectivity index (χ0n) is 21.5. The number of hydrogen-bond acceptors (Lipinski definition) is 7. The summed E-state index contributed by atoms with van der Waals surface area (Å²) in [6.07, 6.45) is -0.407. The number of amides is 2. The monoisotopic (exact) mass is 625 g/mol. The van der Waals surface area contributed by atoms with E-state index in [1.165, 1.54) is 15.6 Å². The van der Waals surface area contributed by atoms with Crippen LogP contribution >= 0.6 is 35.3 Å². The Balaban J connectivity index is 0.00000441. The van der Waals surface area contributed by atoms with E-state index in [9.17, 15) is 18.0 Å². The van der Waals surface area contributed by atoms with Gasteiger partial charge in [0.1, 0.15) is 12.3 Å². The van der Waals surface area contributed by atoms with Crippen LogP contribution < -0.4 is 16.4 Å². The maximum Gasteiger partial charge on any atom is 0.243 e. The number of halogens is 2.